The van der Waals surface area contributed by atoms with E-state index < -0.39 is 28.6 Å². The molecule has 2 aromatic carbocycles. The molecule has 0 fully saturated rings. The molecule has 0 radical (unpaired) electrons. The van der Waals surface area contributed by atoms with Gasteiger partial charge >= 0.3 is 5.97 Å². The van der Waals surface area contributed by atoms with Gasteiger partial charge in [0.1, 0.15) is 27.8 Å². The number of carbonyl (C=O) groups is 1. The first-order chi connectivity index (χ1) is 14.8. The second-order valence-electron chi connectivity index (χ2n) is 6.97. The first-order valence-electron chi connectivity index (χ1n) is 9.29. The van der Waals surface area contributed by atoms with Crippen LogP contribution in [0.1, 0.15) is 21.5 Å². The van der Waals surface area contributed by atoms with Gasteiger partial charge in [0.25, 0.3) is 0 Å². The van der Waals surface area contributed by atoms with E-state index >= 15 is 0 Å². The van der Waals surface area contributed by atoms with Gasteiger partial charge < -0.3 is 14.4 Å². The number of benzene rings is 2. The third kappa shape index (κ3) is 3.59. The minimum Gasteiger partial charge on any atom is -0.497 e. The molecule has 0 spiro atoms. The Morgan fingerprint density at radius 2 is 1.77 bits per heavy atom. The predicted octanol–water partition coefficient (Wildman–Crippen LogP) is 5.07. The molecule has 158 valence electrons. The third-order valence-corrected chi connectivity index (χ3v) is 6.50. The third-order valence-electron chi connectivity index (χ3n) is 5.12. The van der Waals surface area contributed by atoms with E-state index in [4.69, 9.17) is 4.74 Å². The van der Waals surface area contributed by atoms with Gasteiger partial charge in [0, 0.05) is 16.6 Å². The Labute approximate surface area is 179 Å². The summed E-state index contributed by atoms with van der Waals surface area (Å²) < 4.78 is 35.1. The van der Waals surface area contributed by atoms with Crippen molar-refractivity contribution >= 4 is 27.5 Å². The second kappa shape index (κ2) is 7.96. The molecular weight excluding hydrogens is 424 g/mol. The predicted molar refractivity (Wildman–Crippen MR) is 115 cm³/mol. The number of hydrogen-bond acceptors (Lipinski definition) is 4. The zero-order chi connectivity index (χ0) is 22.3. The number of halogens is 2. The maximum absolute atomic E-state index is 14.3. The van der Waals surface area contributed by atoms with Crippen LogP contribution in [0.3, 0.4) is 0 Å². The van der Waals surface area contributed by atoms with E-state index in [9.17, 15) is 23.5 Å². The van der Waals surface area contributed by atoms with E-state index in [1.807, 2.05) is 12.1 Å². The summed E-state index contributed by atoms with van der Waals surface area (Å²) in [6.07, 6.45) is 1.15. The summed E-state index contributed by atoms with van der Waals surface area (Å²) in [6.45, 7) is 1.48. The molecule has 8 heteroatoms. The molecule has 4 rings (SSSR count). The number of methoxy groups -OCH3 is 1. The van der Waals surface area contributed by atoms with Gasteiger partial charge in [-0.1, -0.05) is 6.07 Å². The molecule has 0 aliphatic carbocycles. The Kier molecular flexibility index (Phi) is 5.32. The molecular formula is C23H17F2NO4S. The number of aromatic carboxylic acids is 1. The number of rotatable bonds is 5. The molecule has 0 unspecified atom stereocenters. The van der Waals surface area contributed by atoms with Crippen molar-refractivity contribution in [3.8, 4) is 16.2 Å². The van der Waals surface area contributed by atoms with Gasteiger partial charge in [-0.2, -0.15) is 0 Å². The Balaban J connectivity index is 1.98. The molecule has 1 N–H and O–H groups in total. The quantitative estimate of drug-likeness (QED) is 0.469. The van der Waals surface area contributed by atoms with Crippen molar-refractivity contribution in [2.75, 3.05) is 7.11 Å². The Morgan fingerprint density at radius 3 is 2.35 bits per heavy atom. The summed E-state index contributed by atoms with van der Waals surface area (Å²) in [6, 6.07) is 10.8. The lowest BCUT2D eigenvalue weighted by Gasteiger charge is -2.11. The van der Waals surface area contributed by atoms with Crippen LogP contribution in [0.25, 0.3) is 20.7 Å². The van der Waals surface area contributed by atoms with E-state index in [-0.39, 0.29) is 17.5 Å². The van der Waals surface area contributed by atoms with E-state index in [2.05, 4.69) is 0 Å². The van der Waals surface area contributed by atoms with E-state index in [0.717, 1.165) is 28.8 Å². The fourth-order valence-electron chi connectivity index (χ4n) is 3.52. The zero-order valence-electron chi connectivity index (χ0n) is 16.6. The fraction of sp³-hybridized carbons (Fsp3) is 0.130. The van der Waals surface area contributed by atoms with Crippen molar-refractivity contribution < 1.29 is 23.4 Å². The van der Waals surface area contributed by atoms with Crippen LogP contribution in [-0.4, -0.2) is 22.8 Å². The van der Waals surface area contributed by atoms with Crippen LogP contribution < -0.4 is 10.2 Å². The van der Waals surface area contributed by atoms with E-state index in [1.165, 1.54) is 22.0 Å². The highest BCUT2D eigenvalue weighted by molar-refractivity contribution is 7.22. The van der Waals surface area contributed by atoms with Gasteiger partial charge in [-0.15, -0.1) is 11.3 Å². The van der Waals surface area contributed by atoms with Crippen molar-refractivity contribution in [3.05, 3.63) is 87.2 Å². The molecule has 0 saturated heterocycles. The molecule has 2 heterocycles. The van der Waals surface area contributed by atoms with Crippen LogP contribution in [0, 0.1) is 18.6 Å². The topological polar surface area (TPSA) is 68.5 Å². The SMILES string of the molecule is COc1ccc(-c2sc3c(c2C)c(=O)c(C(=O)O)cn3Cc2c(F)cccc2F)cc1. The number of aromatic nitrogens is 1. The molecule has 0 bridgehead atoms. The molecule has 0 amide bonds. The van der Waals surface area contributed by atoms with Crippen LogP contribution >= 0.6 is 11.3 Å². The Hall–Kier alpha value is -3.52. The molecule has 5 nitrogen and oxygen atoms in total. The minimum absolute atomic E-state index is 0.208. The van der Waals surface area contributed by atoms with Gasteiger partial charge in [-0.25, -0.2) is 13.6 Å². The summed E-state index contributed by atoms with van der Waals surface area (Å²) in [4.78, 5) is 25.8. The van der Waals surface area contributed by atoms with Crippen molar-refractivity contribution in [2.45, 2.75) is 13.5 Å². The highest BCUT2D eigenvalue weighted by Crippen LogP contribution is 2.38. The number of carboxylic acid groups (broad SMARTS) is 1. The largest absolute Gasteiger partial charge is 0.497 e. The lowest BCUT2D eigenvalue weighted by atomic mass is 10.1. The van der Waals surface area contributed by atoms with Crippen LogP contribution in [0.4, 0.5) is 8.78 Å². The van der Waals surface area contributed by atoms with E-state index in [0.29, 0.717) is 16.1 Å². The average Bonchev–Trinajstić information content (AvgIpc) is 3.10. The molecule has 0 aliphatic heterocycles. The van der Waals surface area contributed by atoms with Crippen LogP contribution in [0.15, 0.2) is 53.5 Å². The Morgan fingerprint density at radius 1 is 1.13 bits per heavy atom. The summed E-state index contributed by atoms with van der Waals surface area (Å²) in [5, 5.41) is 9.75. The summed E-state index contributed by atoms with van der Waals surface area (Å²) in [7, 11) is 1.56. The first kappa shape index (κ1) is 20.7. The minimum atomic E-state index is -1.40. The van der Waals surface area contributed by atoms with Gasteiger partial charge in [0.05, 0.1) is 19.0 Å². The van der Waals surface area contributed by atoms with Gasteiger partial charge in [-0.05, 0) is 54.4 Å². The summed E-state index contributed by atoms with van der Waals surface area (Å²) in [5.74, 6) is -2.21. The van der Waals surface area contributed by atoms with Gasteiger partial charge in [0.15, 0.2) is 0 Å². The monoisotopic (exact) mass is 441 g/mol. The second-order valence-corrected chi connectivity index (χ2v) is 7.97. The molecule has 4 aromatic rings. The maximum Gasteiger partial charge on any atom is 0.341 e. The maximum atomic E-state index is 14.3. The molecule has 0 aliphatic rings. The van der Waals surface area contributed by atoms with E-state index in [1.54, 1.807) is 26.2 Å². The Bertz CT molecular complexity index is 1350. The van der Waals surface area contributed by atoms with Crippen molar-refractivity contribution in [1.82, 2.24) is 4.57 Å². The van der Waals surface area contributed by atoms with Crippen LogP contribution in [-0.2, 0) is 6.54 Å². The highest BCUT2D eigenvalue weighted by Gasteiger charge is 2.22. The summed E-state index contributed by atoms with van der Waals surface area (Å²) >= 11 is 1.27. The lowest BCUT2D eigenvalue weighted by Crippen LogP contribution is -2.19. The smallest absolute Gasteiger partial charge is 0.341 e. The fourth-order valence-corrected chi connectivity index (χ4v) is 4.80. The molecule has 2 aromatic heterocycles. The highest BCUT2D eigenvalue weighted by atomic mass is 32.1. The van der Waals surface area contributed by atoms with Crippen molar-refractivity contribution in [2.24, 2.45) is 0 Å². The van der Waals surface area contributed by atoms with Crippen molar-refractivity contribution in [3.63, 3.8) is 0 Å². The number of nitrogens with zero attached hydrogens (tertiary/aromatic N) is 1. The average molecular weight is 441 g/mol. The standard InChI is InChI=1S/C23H17F2NO4S/c1-12-19-20(27)16(23(28)29)11-26(10-15-17(24)4-3-5-18(15)25)22(19)31-21(12)13-6-8-14(30-2)9-7-13/h3-9,11H,10H2,1-2H3,(H,28,29). The zero-order valence-corrected chi connectivity index (χ0v) is 17.4. The molecule has 31 heavy (non-hydrogen) atoms. The summed E-state index contributed by atoms with van der Waals surface area (Å²) in [5.41, 5.74) is 0.147. The number of pyridine rings is 1. The first-order valence-corrected chi connectivity index (χ1v) is 10.1. The number of fused-ring (bicyclic) bond motifs is 1. The molecule has 0 saturated carbocycles. The number of ether oxygens (including phenoxy) is 1. The van der Waals surface area contributed by atoms with Crippen LogP contribution in [0.2, 0.25) is 0 Å². The van der Waals surface area contributed by atoms with Gasteiger partial charge in [-0.3, -0.25) is 4.79 Å². The number of thiophene rings is 1. The number of hydrogen-bond donors (Lipinski definition) is 1. The normalized spacial score (nSPS) is 11.1. The van der Waals surface area contributed by atoms with Crippen LogP contribution in [0.5, 0.6) is 5.75 Å². The molecule has 0 atom stereocenters. The lowest BCUT2D eigenvalue weighted by molar-refractivity contribution is 0.0695. The number of aryl methyl sites for hydroxylation is 1. The van der Waals surface area contributed by atoms with Gasteiger partial charge in [0.2, 0.25) is 5.43 Å². The number of carboxylic acids is 1. The van der Waals surface area contributed by atoms with Crippen molar-refractivity contribution in [1.29, 1.82) is 0 Å².